The molecule has 0 aromatic heterocycles. The standard InChI is InChI=1S/C5H9ClO3/c1-4(7)9-5(2)8-3-6/h5H,3H2,1-2H3. The summed E-state index contributed by atoms with van der Waals surface area (Å²) < 4.78 is 9.22. The van der Waals surface area contributed by atoms with E-state index < -0.39 is 6.29 Å². The smallest absolute Gasteiger partial charge is 0.304 e. The molecule has 0 aliphatic heterocycles. The molecule has 0 bridgehead atoms. The van der Waals surface area contributed by atoms with Crippen molar-refractivity contribution in [3.63, 3.8) is 0 Å². The summed E-state index contributed by atoms with van der Waals surface area (Å²) in [6.45, 7) is 2.91. The van der Waals surface area contributed by atoms with E-state index in [2.05, 4.69) is 9.47 Å². The van der Waals surface area contributed by atoms with Gasteiger partial charge in [0.25, 0.3) is 0 Å². The van der Waals surface area contributed by atoms with Gasteiger partial charge in [-0.25, -0.2) is 0 Å². The summed E-state index contributed by atoms with van der Waals surface area (Å²) >= 11 is 5.17. The van der Waals surface area contributed by atoms with Crippen LogP contribution in [0, 0.1) is 0 Å². The predicted octanol–water partition coefficient (Wildman–Crippen LogP) is 1.11. The van der Waals surface area contributed by atoms with Crippen LogP contribution < -0.4 is 0 Å². The highest BCUT2D eigenvalue weighted by atomic mass is 35.5. The lowest BCUT2D eigenvalue weighted by molar-refractivity contribution is -0.168. The lowest BCUT2D eigenvalue weighted by Crippen LogP contribution is -2.14. The molecule has 54 valence electrons. The van der Waals surface area contributed by atoms with E-state index >= 15 is 0 Å². The molecule has 0 N–H and O–H groups in total. The minimum Gasteiger partial charge on any atom is -0.436 e. The Morgan fingerprint density at radius 3 is 2.67 bits per heavy atom. The largest absolute Gasteiger partial charge is 0.436 e. The van der Waals surface area contributed by atoms with Crippen LogP contribution >= 0.6 is 11.6 Å². The summed E-state index contributed by atoms with van der Waals surface area (Å²) in [5.41, 5.74) is 0. The van der Waals surface area contributed by atoms with Gasteiger partial charge in [-0.15, -0.1) is 0 Å². The quantitative estimate of drug-likeness (QED) is 0.345. The van der Waals surface area contributed by atoms with Gasteiger partial charge in [-0.05, 0) is 6.92 Å². The fourth-order valence-electron chi connectivity index (χ4n) is 0.356. The molecule has 0 aromatic carbocycles. The van der Waals surface area contributed by atoms with Gasteiger partial charge in [0, 0.05) is 6.92 Å². The van der Waals surface area contributed by atoms with E-state index in [0.29, 0.717) is 0 Å². The van der Waals surface area contributed by atoms with Gasteiger partial charge in [-0.3, -0.25) is 4.79 Å². The maximum absolute atomic E-state index is 10.2. The van der Waals surface area contributed by atoms with Gasteiger partial charge in [-0.2, -0.15) is 0 Å². The molecule has 0 saturated carbocycles. The van der Waals surface area contributed by atoms with Crippen molar-refractivity contribution in [1.82, 2.24) is 0 Å². The molecule has 0 radical (unpaired) electrons. The van der Waals surface area contributed by atoms with E-state index in [1.807, 2.05) is 0 Å². The summed E-state index contributed by atoms with van der Waals surface area (Å²) in [6, 6.07) is 0.0362. The van der Waals surface area contributed by atoms with Gasteiger partial charge in [0.05, 0.1) is 0 Å². The van der Waals surface area contributed by atoms with Gasteiger partial charge < -0.3 is 9.47 Å². The third-order valence-electron chi connectivity index (χ3n) is 0.630. The number of hydrogen-bond acceptors (Lipinski definition) is 3. The average Bonchev–Trinajstić information content (AvgIpc) is 1.63. The summed E-state index contributed by atoms with van der Waals surface area (Å²) in [4.78, 5) is 10.2. The van der Waals surface area contributed by atoms with Gasteiger partial charge in [0.1, 0.15) is 6.07 Å². The second-order valence-electron chi connectivity index (χ2n) is 1.45. The van der Waals surface area contributed by atoms with Crippen LogP contribution in [0.15, 0.2) is 0 Å². The number of alkyl halides is 1. The van der Waals surface area contributed by atoms with Crippen LogP contribution in [0.3, 0.4) is 0 Å². The summed E-state index contributed by atoms with van der Waals surface area (Å²) in [7, 11) is 0. The number of rotatable bonds is 3. The van der Waals surface area contributed by atoms with Crippen molar-refractivity contribution < 1.29 is 14.3 Å². The molecule has 0 aliphatic carbocycles. The van der Waals surface area contributed by atoms with Crippen LogP contribution in [-0.2, 0) is 14.3 Å². The zero-order valence-corrected chi connectivity index (χ0v) is 6.14. The Labute approximate surface area is 58.9 Å². The summed E-state index contributed by atoms with van der Waals surface area (Å²) in [5.74, 6) is -0.368. The predicted molar refractivity (Wildman–Crippen MR) is 33.0 cm³/mol. The van der Waals surface area contributed by atoms with E-state index in [4.69, 9.17) is 11.6 Å². The maximum atomic E-state index is 10.2. The minimum atomic E-state index is -0.542. The lowest BCUT2D eigenvalue weighted by Gasteiger charge is -2.09. The number of esters is 1. The summed E-state index contributed by atoms with van der Waals surface area (Å²) in [6.07, 6.45) is -0.542. The van der Waals surface area contributed by atoms with E-state index in [9.17, 15) is 4.79 Å². The molecule has 0 saturated heterocycles. The Kier molecular flexibility index (Phi) is 4.44. The fourth-order valence-corrected chi connectivity index (χ4v) is 0.534. The molecule has 4 heteroatoms. The molecule has 0 spiro atoms. The molecule has 0 rings (SSSR count). The van der Waals surface area contributed by atoms with E-state index in [1.165, 1.54) is 6.92 Å². The molecule has 0 aliphatic rings. The van der Waals surface area contributed by atoms with Crippen molar-refractivity contribution in [2.45, 2.75) is 20.1 Å². The van der Waals surface area contributed by atoms with Crippen LogP contribution in [0.2, 0.25) is 0 Å². The Morgan fingerprint density at radius 2 is 2.33 bits per heavy atom. The van der Waals surface area contributed by atoms with E-state index in [-0.39, 0.29) is 12.0 Å². The third kappa shape index (κ3) is 5.59. The molecule has 0 heterocycles. The Morgan fingerprint density at radius 1 is 1.78 bits per heavy atom. The van der Waals surface area contributed by atoms with Crippen LogP contribution in [-0.4, -0.2) is 18.3 Å². The highest BCUT2D eigenvalue weighted by molar-refractivity contribution is 6.17. The topological polar surface area (TPSA) is 35.5 Å². The number of carbonyl (C=O) groups excluding carboxylic acids is 1. The van der Waals surface area contributed by atoms with Gasteiger partial charge in [0.2, 0.25) is 6.29 Å². The molecule has 0 aromatic rings. The Bertz CT molecular complexity index is 94.2. The Hall–Kier alpha value is -0.280. The van der Waals surface area contributed by atoms with Crippen molar-refractivity contribution >= 4 is 17.6 Å². The van der Waals surface area contributed by atoms with Crippen LogP contribution in [0.25, 0.3) is 0 Å². The van der Waals surface area contributed by atoms with Crippen LogP contribution in [0.1, 0.15) is 13.8 Å². The van der Waals surface area contributed by atoms with Crippen molar-refractivity contribution in [3.8, 4) is 0 Å². The number of carbonyl (C=O) groups is 1. The molecule has 1 atom stereocenters. The second-order valence-corrected chi connectivity index (χ2v) is 1.67. The molecule has 9 heavy (non-hydrogen) atoms. The molecule has 3 nitrogen and oxygen atoms in total. The first-order valence-electron chi connectivity index (χ1n) is 2.51. The van der Waals surface area contributed by atoms with Crippen molar-refractivity contribution in [3.05, 3.63) is 0 Å². The van der Waals surface area contributed by atoms with E-state index in [1.54, 1.807) is 6.92 Å². The number of halogens is 1. The van der Waals surface area contributed by atoms with Crippen molar-refractivity contribution in [1.29, 1.82) is 0 Å². The SMILES string of the molecule is CC(=O)OC(C)OCCl. The first-order chi connectivity index (χ1) is 4.16. The van der Waals surface area contributed by atoms with Gasteiger partial charge in [0.15, 0.2) is 0 Å². The fraction of sp³-hybridized carbons (Fsp3) is 0.800. The first kappa shape index (κ1) is 8.72. The van der Waals surface area contributed by atoms with Crippen LogP contribution in [0.5, 0.6) is 0 Å². The van der Waals surface area contributed by atoms with Gasteiger partial charge in [-0.1, -0.05) is 11.6 Å². The molecule has 1 unspecified atom stereocenters. The second kappa shape index (κ2) is 4.58. The molecule has 0 fully saturated rings. The average molecular weight is 153 g/mol. The highest BCUT2D eigenvalue weighted by Crippen LogP contribution is 1.94. The zero-order chi connectivity index (χ0) is 7.28. The van der Waals surface area contributed by atoms with Crippen molar-refractivity contribution in [2.75, 3.05) is 6.07 Å². The lowest BCUT2D eigenvalue weighted by atomic mass is 10.7. The maximum Gasteiger partial charge on any atom is 0.304 e. The van der Waals surface area contributed by atoms with Gasteiger partial charge >= 0.3 is 5.97 Å². The van der Waals surface area contributed by atoms with Crippen LogP contribution in [0.4, 0.5) is 0 Å². The Balaban J connectivity index is 3.26. The molecule has 0 amide bonds. The molecular formula is C5H9ClO3. The van der Waals surface area contributed by atoms with Crippen molar-refractivity contribution in [2.24, 2.45) is 0 Å². The zero-order valence-electron chi connectivity index (χ0n) is 5.39. The number of hydrogen-bond donors (Lipinski definition) is 0. The first-order valence-corrected chi connectivity index (χ1v) is 3.05. The third-order valence-corrected chi connectivity index (χ3v) is 0.756. The van der Waals surface area contributed by atoms with E-state index in [0.717, 1.165) is 0 Å². The monoisotopic (exact) mass is 152 g/mol. The molecular weight excluding hydrogens is 144 g/mol. The summed E-state index contributed by atoms with van der Waals surface area (Å²) in [5, 5.41) is 0. The normalized spacial score (nSPS) is 12.8. The highest BCUT2D eigenvalue weighted by Gasteiger charge is 2.02. The minimum absolute atomic E-state index is 0.0362. The number of ether oxygens (including phenoxy) is 2.